The van der Waals surface area contributed by atoms with Crippen LogP contribution in [0.3, 0.4) is 0 Å². The van der Waals surface area contributed by atoms with Crippen LogP contribution in [-0.2, 0) is 24.2 Å². The average Bonchev–Trinajstić information content (AvgIpc) is 2.67. The Kier molecular flexibility index (Phi) is 5.88. The van der Waals surface area contributed by atoms with Crippen molar-refractivity contribution in [2.45, 2.75) is 57.5 Å². The van der Waals surface area contributed by atoms with Crippen molar-refractivity contribution in [2.24, 2.45) is 0 Å². The van der Waals surface area contributed by atoms with Crippen molar-refractivity contribution in [3.8, 4) is 0 Å². The number of piperidine rings is 1. The second-order valence-electron chi connectivity index (χ2n) is 8.18. The number of carbonyl (C=O) groups is 1. The van der Waals surface area contributed by atoms with Crippen LogP contribution in [0.2, 0.25) is 0 Å². The molecule has 1 aromatic heterocycles. The van der Waals surface area contributed by atoms with E-state index in [0.717, 1.165) is 76.2 Å². The number of rotatable bonds is 5. The van der Waals surface area contributed by atoms with E-state index in [4.69, 9.17) is 0 Å². The second kappa shape index (κ2) is 8.52. The van der Waals surface area contributed by atoms with E-state index in [2.05, 4.69) is 20.2 Å². The van der Waals surface area contributed by atoms with Gasteiger partial charge in [0.15, 0.2) is 0 Å². The van der Waals surface area contributed by atoms with E-state index in [9.17, 15) is 9.59 Å². The number of amides is 1. The number of nitrogens with zero attached hydrogens (tertiary/aromatic N) is 4. The molecule has 0 radical (unpaired) electrons. The van der Waals surface area contributed by atoms with E-state index >= 15 is 0 Å². The summed E-state index contributed by atoms with van der Waals surface area (Å²) in [5.41, 5.74) is 2.33. The number of carbonyl (C=O) groups excluding carboxylic acids is 1. The van der Waals surface area contributed by atoms with Gasteiger partial charge in [-0.25, -0.2) is 4.68 Å². The summed E-state index contributed by atoms with van der Waals surface area (Å²) in [7, 11) is 0. The zero-order valence-corrected chi connectivity index (χ0v) is 16.2. The largest absolute Gasteiger partial charge is 0.352 e. The predicted octanol–water partition coefficient (Wildman–Crippen LogP) is 0.408. The van der Waals surface area contributed by atoms with Crippen molar-refractivity contribution >= 4 is 5.91 Å². The first-order chi connectivity index (χ1) is 13.2. The van der Waals surface area contributed by atoms with E-state index < -0.39 is 0 Å². The minimum absolute atomic E-state index is 0.0438. The van der Waals surface area contributed by atoms with Crippen molar-refractivity contribution in [1.29, 1.82) is 0 Å². The number of hydrogen-bond donors (Lipinski definition) is 1. The summed E-state index contributed by atoms with van der Waals surface area (Å²) >= 11 is 0. The van der Waals surface area contributed by atoms with Gasteiger partial charge >= 0.3 is 0 Å². The van der Waals surface area contributed by atoms with E-state index in [1.165, 1.54) is 12.8 Å². The topological polar surface area (TPSA) is 70.5 Å². The highest BCUT2D eigenvalue weighted by molar-refractivity contribution is 5.76. The highest BCUT2D eigenvalue weighted by atomic mass is 16.1. The summed E-state index contributed by atoms with van der Waals surface area (Å²) in [6.07, 6.45) is 7.15. The summed E-state index contributed by atoms with van der Waals surface area (Å²) < 4.78 is 1.66. The molecule has 7 nitrogen and oxygen atoms in total. The Labute approximate surface area is 160 Å². The number of piperazine rings is 1. The fourth-order valence-corrected chi connectivity index (χ4v) is 4.52. The van der Waals surface area contributed by atoms with Crippen molar-refractivity contribution in [3.63, 3.8) is 0 Å². The van der Waals surface area contributed by atoms with Crippen LogP contribution in [0.4, 0.5) is 0 Å². The molecule has 2 saturated heterocycles. The summed E-state index contributed by atoms with van der Waals surface area (Å²) in [5, 5.41) is 7.74. The van der Waals surface area contributed by atoms with Gasteiger partial charge in [-0.05, 0) is 44.1 Å². The zero-order valence-electron chi connectivity index (χ0n) is 16.2. The van der Waals surface area contributed by atoms with Gasteiger partial charge < -0.3 is 5.32 Å². The van der Waals surface area contributed by atoms with E-state index in [1.807, 2.05) is 0 Å². The van der Waals surface area contributed by atoms with Crippen LogP contribution in [0.25, 0.3) is 0 Å². The summed E-state index contributed by atoms with van der Waals surface area (Å²) in [4.78, 5) is 28.7. The molecule has 4 rings (SSSR count). The van der Waals surface area contributed by atoms with E-state index in [-0.39, 0.29) is 11.5 Å². The monoisotopic (exact) mass is 373 g/mol. The lowest BCUT2D eigenvalue weighted by Gasteiger charge is -2.37. The maximum atomic E-state index is 12.3. The molecular weight excluding hydrogens is 342 g/mol. The molecule has 0 aromatic carbocycles. The van der Waals surface area contributed by atoms with Crippen LogP contribution < -0.4 is 10.9 Å². The van der Waals surface area contributed by atoms with Crippen molar-refractivity contribution in [3.05, 3.63) is 27.7 Å². The number of aromatic nitrogens is 2. The van der Waals surface area contributed by atoms with E-state index in [0.29, 0.717) is 19.0 Å². The smallest absolute Gasteiger partial charge is 0.267 e. The fourth-order valence-electron chi connectivity index (χ4n) is 4.52. The van der Waals surface area contributed by atoms with Gasteiger partial charge in [-0.2, -0.15) is 5.10 Å². The SMILES string of the molecule is O=C1CCCC(CN2CCN(CCn3nc4c(cc3=O)CCCC4)CC2)N1. The lowest BCUT2D eigenvalue weighted by atomic mass is 9.97. The Morgan fingerprint density at radius 1 is 0.963 bits per heavy atom. The molecule has 1 unspecified atom stereocenters. The number of nitrogens with one attached hydrogen (secondary N) is 1. The van der Waals surface area contributed by atoms with Crippen LogP contribution >= 0.6 is 0 Å². The van der Waals surface area contributed by atoms with Crippen molar-refractivity contribution in [2.75, 3.05) is 39.3 Å². The third-order valence-corrected chi connectivity index (χ3v) is 6.17. The average molecular weight is 374 g/mol. The highest BCUT2D eigenvalue weighted by Gasteiger charge is 2.23. The first kappa shape index (κ1) is 18.6. The molecule has 2 fully saturated rings. The minimum atomic E-state index is 0.0438. The van der Waals surface area contributed by atoms with Crippen LogP contribution in [0.1, 0.15) is 43.4 Å². The quantitative estimate of drug-likeness (QED) is 0.810. The van der Waals surface area contributed by atoms with Crippen LogP contribution in [0.5, 0.6) is 0 Å². The maximum Gasteiger partial charge on any atom is 0.267 e. The minimum Gasteiger partial charge on any atom is -0.352 e. The van der Waals surface area contributed by atoms with Crippen LogP contribution in [0.15, 0.2) is 10.9 Å². The lowest BCUT2D eigenvalue weighted by molar-refractivity contribution is -0.123. The molecule has 0 bridgehead atoms. The molecule has 2 aliphatic heterocycles. The van der Waals surface area contributed by atoms with Crippen molar-refractivity contribution in [1.82, 2.24) is 24.9 Å². The second-order valence-corrected chi connectivity index (χ2v) is 8.18. The Morgan fingerprint density at radius 3 is 2.56 bits per heavy atom. The number of hydrogen-bond acceptors (Lipinski definition) is 5. The number of fused-ring (bicyclic) bond motifs is 1. The Morgan fingerprint density at radius 2 is 1.74 bits per heavy atom. The molecule has 0 spiro atoms. The predicted molar refractivity (Wildman–Crippen MR) is 104 cm³/mol. The molecule has 1 amide bonds. The van der Waals surface area contributed by atoms with Crippen LogP contribution in [0, 0.1) is 0 Å². The van der Waals surface area contributed by atoms with Gasteiger partial charge in [-0.1, -0.05) is 0 Å². The summed E-state index contributed by atoms with van der Waals surface area (Å²) in [6.45, 7) is 6.59. The standard InChI is InChI=1S/C20H31N5O2/c26-19-7-3-5-17(21-19)15-24-10-8-23(9-11-24)12-13-25-20(27)14-16-4-1-2-6-18(16)22-25/h14,17H,1-13,15H2,(H,21,26). The first-order valence-corrected chi connectivity index (χ1v) is 10.5. The third kappa shape index (κ3) is 4.76. The van der Waals surface area contributed by atoms with Crippen molar-refractivity contribution < 1.29 is 4.79 Å². The highest BCUT2D eigenvalue weighted by Crippen LogP contribution is 2.17. The third-order valence-electron chi connectivity index (χ3n) is 6.17. The molecule has 27 heavy (non-hydrogen) atoms. The normalized spacial score (nSPS) is 24.4. The summed E-state index contributed by atoms with van der Waals surface area (Å²) in [6, 6.07) is 2.12. The van der Waals surface area contributed by atoms with Gasteiger partial charge in [0.25, 0.3) is 5.56 Å². The van der Waals surface area contributed by atoms with Crippen LogP contribution in [-0.4, -0.2) is 70.8 Å². The maximum absolute atomic E-state index is 12.3. The molecule has 0 saturated carbocycles. The van der Waals surface area contributed by atoms with Gasteiger partial charge in [-0.15, -0.1) is 0 Å². The molecule has 1 aliphatic carbocycles. The van der Waals surface area contributed by atoms with E-state index in [1.54, 1.807) is 10.7 Å². The van der Waals surface area contributed by atoms with Gasteiger partial charge in [0.2, 0.25) is 5.91 Å². The lowest BCUT2D eigenvalue weighted by Crippen LogP contribution is -2.52. The molecule has 3 aliphatic rings. The Bertz CT molecular complexity index is 724. The van der Waals surface area contributed by atoms with Gasteiger partial charge in [0.05, 0.1) is 12.2 Å². The molecule has 1 atom stereocenters. The first-order valence-electron chi connectivity index (χ1n) is 10.5. The van der Waals surface area contributed by atoms with Gasteiger partial charge in [0.1, 0.15) is 0 Å². The molecule has 1 aromatic rings. The Balaban J connectivity index is 1.24. The van der Waals surface area contributed by atoms with Gasteiger partial charge in [0, 0.05) is 57.8 Å². The Hall–Kier alpha value is -1.73. The molecule has 7 heteroatoms. The number of aryl methyl sites for hydroxylation is 2. The molecule has 3 heterocycles. The molecular formula is C20H31N5O2. The fraction of sp³-hybridized carbons (Fsp3) is 0.750. The zero-order chi connectivity index (χ0) is 18.6. The van der Waals surface area contributed by atoms with Gasteiger partial charge in [-0.3, -0.25) is 19.4 Å². The molecule has 1 N–H and O–H groups in total. The molecule has 148 valence electrons. The summed E-state index contributed by atoms with van der Waals surface area (Å²) in [5.74, 6) is 0.202.